The summed E-state index contributed by atoms with van der Waals surface area (Å²) < 4.78 is 27.3. The van der Waals surface area contributed by atoms with Crippen molar-refractivity contribution in [2.45, 2.75) is 11.0 Å². The van der Waals surface area contributed by atoms with Crippen LogP contribution in [0.15, 0.2) is 40.7 Å². The summed E-state index contributed by atoms with van der Waals surface area (Å²) in [7, 11) is -3.42. The summed E-state index contributed by atoms with van der Waals surface area (Å²) in [6.07, 6.45) is 2.43. The van der Waals surface area contributed by atoms with Crippen LogP contribution in [0.2, 0.25) is 0 Å². The van der Waals surface area contributed by atoms with Gasteiger partial charge in [-0.3, -0.25) is 9.71 Å². The van der Waals surface area contributed by atoms with Crippen molar-refractivity contribution < 1.29 is 8.42 Å². The van der Waals surface area contributed by atoms with Crippen LogP contribution in [0, 0.1) is 0 Å². The van der Waals surface area contributed by atoms with Crippen molar-refractivity contribution >= 4 is 55.2 Å². The molecule has 5 nitrogen and oxygen atoms in total. The molecule has 1 atom stereocenters. The number of benzene rings is 1. The molecule has 2 aliphatic heterocycles. The maximum atomic E-state index is 12.5. The van der Waals surface area contributed by atoms with E-state index in [1.807, 2.05) is 29.7 Å². The molecule has 0 bridgehead atoms. The number of fused-ring (bicyclic) bond motifs is 1. The number of allylic oxidation sites excluding steroid dienone is 1. The highest BCUT2D eigenvalue weighted by molar-refractivity contribution is 8.15. The van der Waals surface area contributed by atoms with Crippen molar-refractivity contribution in [2.75, 3.05) is 17.0 Å². The first-order valence-electron chi connectivity index (χ1n) is 7.25. The van der Waals surface area contributed by atoms with Crippen LogP contribution in [0.5, 0.6) is 0 Å². The molecule has 1 aromatic carbocycles. The Morgan fingerprint density at radius 2 is 2.26 bits per heavy atom. The van der Waals surface area contributed by atoms with Gasteiger partial charge < -0.3 is 4.98 Å². The van der Waals surface area contributed by atoms with Crippen molar-refractivity contribution in [3.05, 3.63) is 41.4 Å². The summed E-state index contributed by atoms with van der Waals surface area (Å²) in [6.45, 7) is 0.834. The number of rotatable bonds is 4. The molecule has 0 radical (unpaired) electrons. The zero-order valence-corrected chi connectivity index (χ0v) is 14.6. The number of H-pyrrole nitrogens is 1. The van der Waals surface area contributed by atoms with E-state index in [1.54, 1.807) is 17.8 Å². The molecule has 8 heteroatoms. The summed E-state index contributed by atoms with van der Waals surface area (Å²) >= 11 is 3.05. The average Bonchev–Trinajstić information content (AvgIpc) is 3.27. The van der Waals surface area contributed by atoms with Crippen molar-refractivity contribution in [1.29, 1.82) is 0 Å². The fourth-order valence-corrected chi connectivity index (χ4v) is 5.98. The molecule has 1 aromatic heterocycles. The minimum absolute atomic E-state index is 0.457. The zero-order valence-electron chi connectivity index (χ0n) is 12.2. The number of thioether (sulfide) groups is 2. The van der Waals surface area contributed by atoms with E-state index in [4.69, 9.17) is 0 Å². The molecule has 2 aliphatic rings. The predicted molar refractivity (Wildman–Crippen MR) is 99.8 cm³/mol. The number of hydrogen-bond acceptors (Lipinski definition) is 5. The molecule has 0 spiro atoms. The number of aromatic amines is 1. The van der Waals surface area contributed by atoms with Crippen molar-refractivity contribution in [2.24, 2.45) is 4.99 Å². The van der Waals surface area contributed by atoms with Gasteiger partial charge in [0.1, 0.15) is 9.63 Å². The Hall–Kier alpha value is -1.38. The number of nitrogens with one attached hydrogen (secondary N) is 2. The van der Waals surface area contributed by atoms with Crippen molar-refractivity contribution in [3.63, 3.8) is 0 Å². The van der Waals surface area contributed by atoms with Gasteiger partial charge in [-0.05, 0) is 24.0 Å². The van der Waals surface area contributed by atoms with Crippen molar-refractivity contribution in [1.82, 2.24) is 4.98 Å². The summed E-state index contributed by atoms with van der Waals surface area (Å²) in [6, 6.07) is 7.65. The lowest BCUT2D eigenvalue weighted by Crippen LogP contribution is -2.23. The second-order valence-electron chi connectivity index (χ2n) is 5.31. The van der Waals surface area contributed by atoms with E-state index in [-0.39, 0.29) is 0 Å². The Balaban J connectivity index is 1.69. The van der Waals surface area contributed by atoms with Crippen molar-refractivity contribution in [3.8, 4) is 0 Å². The lowest BCUT2D eigenvalue weighted by Gasteiger charge is -2.13. The van der Waals surface area contributed by atoms with Gasteiger partial charge in [-0.2, -0.15) is 0 Å². The highest BCUT2D eigenvalue weighted by atomic mass is 32.3. The lowest BCUT2D eigenvalue weighted by molar-refractivity contribution is 0.598. The van der Waals surface area contributed by atoms with E-state index >= 15 is 0 Å². The van der Waals surface area contributed by atoms with E-state index in [0.717, 1.165) is 33.9 Å². The minimum Gasteiger partial charge on any atom is -0.351 e. The monoisotopic (exact) mass is 365 g/mol. The first-order valence-corrected chi connectivity index (χ1v) is 10.7. The number of nitrogens with zero attached hydrogens (tertiary/aromatic N) is 1. The van der Waals surface area contributed by atoms with Gasteiger partial charge in [0.05, 0.1) is 16.9 Å². The third kappa shape index (κ3) is 2.90. The second-order valence-corrected chi connectivity index (χ2v) is 9.67. The number of aliphatic imine (C=N–C) groups is 1. The van der Waals surface area contributed by atoms with Crippen LogP contribution in [0.25, 0.3) is 10.9 Å². The van der Waals surface area contributed by atoms with E-state index < -0.39 is 14.6 Å². The van der Waals surface area contributed by atoms with E-state index in [9.17, 15) is 8.42 Å². The Bertz CT molecular complexity index is 907. The van der Waals surface area contributed by atoms with Gasteiger partial charge >= 0.3 is 0 Å². The molecule has 0 amide bonds. The minimum atomic E-state index is -3.42. The summed E-state index contributed by atoms with van der Waals surface area (Å²) in [5.41, 5.74) is 2.34. The molecule has 3 heterocycles. The van der Waals surface area contributed by atoms with Crippen LogP contribution in [0.1, 0.15) is 12.1 Å². The van der Waals surface area contributed by atoms with E-state index in [0.29, 0.717) is 12.1 Å². The molecule has 2 aromatic rings. The molecular weight excluding hydrogens is 350 g/mol. The first kappa shape index (κ1) is 15.2. The lowest BCUT2D eigenvalue weighted by atomic mass is 10.2. The van der Waals surface area contributed by atoms with Crippen LogP contribution in [-0.2, 0) is 10.0 Å². The summed E-state index contributed by atoms with van der Waals surface area (Å²) in [5, 5.41) is 3.81. The Morgan fingerprint density at radius 3 is 3.00 bits per heavy atom. The fourth-order valence-electron chi connectivity index (χ4n) is 2.64. The van der Waals surface area contributed by atoms with Gasteiger partial charge in [-0.1, -0.05) is 18.2 Å². The molecule has 0 aliphatic carbocycles. The SMILES string of the molecule is O=S(=O)(Nc1cccc2cc(C3=NCCS3)[nH]c12)C1CC=CS1. The molecule has 2 N–H and O–H groups in total. The zero-order chi connectivity index (χ0) is 15.9. The number of sulfonamides is 1. The smallest absolute Gasteiger partial charge is 0.245 e. The Kier molecular flexibility index (Phi) is 3.90. The molecule has 120 valence electrons. The van der Waals surface area contributed by atoms with E-state index in [2.05, 4.69) is 14.7 Å². The highest BCUT2D eigenvalue weighted by Crippen LogP contribution is 2.32. The molecule has 0 saturated heterocycles. The van der Waals surface area contributed by atoms with Gasteiger partial charge in [-0.15, -0.1) is 23.5 Å². The summed E-state index contributed by atoms with van der Waals surface area (Å²) in [4.78, 5) is 7.78. The third-order valence-electron chi connectivity index (χ3n) is 3.73. The third-order valence-corrected chi connectivity index (χ3v) is 8.06. The molecule has 23 heavy (non-hydrogen) atoms. The Labute approximate surface area is 143 Å². The largest absolute Gasteiger partial charge is 0.351 e. The summed E-state index contributed by atoms with van der Waals surface area (Å²) in [5.74, 6) is 0.996. The van der Waals surface area contributed by atoms with Gasteiger partial charge in [0, 0.05) is 17.7 Å². The van der Waals surface area contributed by atoms with Crippen LogP contribution < -0.4 is 4.72 Å². The second kappa shape index (κ2) is 5.92. The van der Waals surface area contributed by atoms with Gasteiger partial charge in [-0.25, -0.2) is 8.42 Å². The highest BCUT2D eigenvalue weighted by Gasteiger charge is 2.27. The molecule has 1 unspecified atom stereocenters. The number of hydrogen-bond donors (Lipinski definition) is 2. The number of aromatic nitrogens is 1. The van der Waals surface area contributed by atoms with Crippen LogP contribution in [-0.4, -0.2) is 35.3 Å². The van der Waals surface area contributed by atoms with Crippen LogP contribution in [0.4, 0.5) is 5.69 Å². The molecular formula is C15H15N3O2S3. The molecule has 4 rings (SSSR count). The Morgan fingerprint density at radius 1 is 1.35 bits per heavy atom. The predicted octanol–water partition coefficient (Wildman–Crippen LogP) is 3.38. The topological polar surface area (TPSA) is 74.3 Å². The molecule has 0 fully saturated rings. The van der Waals surface area contributed by atoms with Gasteiger partial charge in [0.25, 0.3) is 0 Å². The average molecular weight is 366 g/mol. The number of para-hydroxylation sites is 1. The normalized spacial score (nSPS) is 21.0. The fraction of sp³-hybridized carbons (Fsp3) is 0.267. The van der Waals surface area contributed by atoms with Gasteiger partial charge in [0.15, 0.2) is 0 Å². The quantitative estimate of drug-likeness (QED) is 0.871. The maximum Gasteiger partial charge on any atom is 0.245 e. The van der Waals surface area contributed by atoms with E-state index in [1.165, 1.54) is 11.8 Å². The maximum absolute atomic E-state index is 12.5. The van der Waals surface area contributed by atoms with Gasteiger partial charge in [0.2, 0.25) is 10.0 Å². The number of anilines is 1. The molecule has 0 saturated carbocycles. The van der Waals surface area contributed by atoms with Crippen LogP contribution in [0.3, 0.4) is 0 Å². The standard InChI is InChI=1S/C15H15N3O2S3/c19-23(20,13-5-2-7-21-13)18-11-4-1-3-10-9-12(17-14(10)11)15-16-6-8-22-15/h1-4,7,9,13,17-18H,5-6,8H2. The van der Waals surface area contributed by atoms with Crippen LogP contribution >= 0.6 is 23.5 Å². The first-order chi connectivity index (χ1) is 11.1.